The first kappa shape index (κ1) is 17.2. The molecule has 1 aliphatic carbocycles. The maximum absolute atomic E-state index is 13.5. The van der Waals surface area contributed by atoms with E-state index in [9.17, 15) is 4.39 Å². The third-order valence-electron chi connectivity index (χ3n) is 3.24. The molecule has 2 N–H and O–H groups in total. The molecule has 1 aliphatic rings. The summed E-state index contributed by atoms with van der Waals surface area (Å²) in [7, 11) is 0. The van der Waals surface area contributed by atoms with Gasteiger partial charge in [-0.05, 0) is 39.0 Å². The summed E-state index contributed by atoms with van der Waals surface area (Å²) in [6.45, 7) is 6.53. The maximum atomic E-state index is 13.5. The van der Waals surface area contributed by atoms with Gasteiger partial charge in [-0.15, -0.1) is 0 Å². The van der Waals surface area contributed by atoms with Gasteiger partial charge in [0.1, 0.15) is 5.82 Å². The van der Waals surface area contributed by atoms with E-state index in [0.717, 1.165) is 21.3 Å². The first-order chi connectivity index (χ1) is 10.3. The summed E-state index contributed by atoms with van der Waals surface area (Å²) >= 11 is 3.47. The monoisotopic (exact) mass is 367 g/mol. The molecule has 0 saturated heterocycles. The van der Waals surface area contributed by atoms with Crippen molar-refractivity contribution >= 4 is 15.9 Å². The lowest BCUT2D eigenvalue weighted by Gasteiger charge is -2.23. The summed E-state index contributed by atoms with van der Waals surface area (Å²) in [5, 5.41) is 4.40. The lowest BCUT2D eigenvalue weighted by molar-refractivity contribution is 0.360. The minimum absolute atomic E-state index is 0.200. The summed E-state index contributed by atoms with van der Waals surface area (Å²) in [5.74, 6) is -0.275. The molecule has 0 aliphatic heterocycles. The second kappa shape index (κ2) is 6.92. The Morgan fingerprint density at radius 1 is 1.27 bits per heavy atom. The molecule has 1 aromatic carbocycles. The smallest absolute Gasteiger partial charge is 0.123 e. The number of hydrogen-bond donors (Lipinski definition) is 1. The molecule has 1 heterocycles. The lowest BCUT2D eigenvalue weighted by Crippen LogP contribution is -2.24. The average molecular weight is 368 g/mol. The van der Waals surface area contributed by atoms with E-state index in [0.29, 0.717) is 6.54 Å². The van der Waals surface area contributed by atoms with Crippen LogP contribution in [0, 0.1) is 5.82 Å². The van der Waals surface area contributed by atoms with Crippen molar-refractivity contribution in [1.82, 2.24) is 9.78 Å². The molecule has 1 aromatic heterocycles. The third-order valence-corrected chi connectivity index (χ3v) is 3.93. The molecule has 0 spiro atoms. The quantitative estimate of drug-likeness (QED) is 0.825. The molecule has 2 aromatic rings. The van der Waals surface area contributed by atoms with Gasteiger partial charge in [-0.1, -0.05) is 35.2 Å². The van der Waals surface area contributed by atoms with Crippen LogP contribution in [0.25, 0.3) is 11.3 Å². The average Bonchev–Trinajstić information content (AvgIpc) is 3.26. The highest BCUT2D eigenvalue weighted by atomic mass is 79.9. The summed E-state index contributed by atoms with van der Waals surface area (Å²) in [4.78, 5) is 0. The minimum Gasteiger partial charge on any atom is -0.326 e. The number of benzene rings is 1. The van der Waals surface area contributed by atoms with Gasteiger partial charge in [0.25, 0.3) is 0 Å². The number of halogens is 2. The molecule has 0 bridgehead atoms. The molecule has 0 amide bonds. The Morgan fingerprint density at radius 3 is 2.41 bits per heavy atom. The Morgan fingerprint density at radius 2 is 1.91 bits per heavy atom. The highest BCUT2D eigenvalue weighted by Crippen LogP contribution is 2.34. The van der Waals surface area contributed by atoms with Crippen LogP contribution in [0.4, 0.5) is 4.39 Å². The SMILES string of the molecule is C1CC1.CC(C)(C)n1ncc(CN)c1-c1cc(F)ccc1Br. The molecule has 3 nitrogen and oxygen atoms in total. The van der Waals surface area contributed by atoms with Crippen molar-refractivity contribution in [1.29, 1.82) is 0 Å². The first-order valence-electron chi connectivity index (χ1n) is 7.57. The van der Waals surface area contributed by atoms with Crippen LogP contribution in [-0.2, 0) is 12.1 Å². The summed E-state index contributed by atoms with van der Waals surface area (Å²) < 4.78 is 16.2. The Labute approximate surface area is 139 Å². The molecule has 22 heavy (non-hydrogen) atoms. The van der Waals surface area contributed by atoms with Crippen LogP contribution < -0.4 is 5.73 Å². The van der Waals surface area contributed by atoms with E-state index in [4.69, 9.17) is 5.73 Å². The van der Waals surface area contributed by atoms with Crippen LogP contribution in [0.5, 0.6) is 0 Å². The summed E-state index contributed by atoms with van der Waals surface area (Å²) in [6, 6.07) is 4.63. The van der Waals surface area contributed by atoms with Crippen molar-refractivity contribution in [2.45, 2.75) is 52.1 Å². The maximum Gasteiger partial charge on any atom is 0.123 e. The van der Waals surface area contributed by atoms with E-state index in [1.54, 1.807) is 12.3 Å². The summed E-state index contributed by atoms with van der Waals surface area (Å²) in [5.41, 5.74) is 8.11. The first-order valence-corrected chi connectivity index (χ1v) is 8.36. The normalized spacial score (nSPS) is 13.5. The van der Waals surface area contributed by atoms with Gasteiger partial charge in [-0.3, -0.25) is 4.68 Å². The Balaban J connectivity index is 0.000000523. The van der Waals surface area contributed by atoms with Crippen LogP contribution in [0.2, 0.25) is 0 Å². The van der Waals surface area contributed by atoms with Gasteiger partial charge in [-0.25, -0.2) is 4.39 Å². The number of nitrogens with two attached hydrogens (primary N) is 1. The van der Waals surface area contributed by atoms with Crippen LogP contribution in [0.15, 0.2) is 28.9 Å². The van der Waals surface area contributed by atoms with Crippen LogP contribution >= 0.6 is 15.9 Å². The molecule has 3 rings (SSSR count). The van der Waals surface area contributed by atoms with Crippen molar-refractivity contribution in [3.8, 4) is 11.3 Å². The molecule has 120 valence electrons. The van der Waals surface area contributed by atoms with E-state index in [2.05, 4.69) is 41.8 Å². The predicted molar refractivity (Wildman–Crippen MR) is 92.1 cm³/mol. The van der Waals surface area contributed by atoms with Gasteiger partial charge < -0.3 is 5.73 Å². The fraction of sp³-hybridized carbons (Fsp3) is 0.471. The third kappa shape index (κ3) is 4.17. The molecular formula is C17H23BrFN3. The van der Waals surface area contributed by atoms with E-state index in [-0.39, 0.29) is 11.4 Å². The van der Waals surface area contributed by atoms with Gasteiger partial charge in [0.2, 0.25) is 0 Å². The molecule has 1 fully saturated rings. The van der Waals surface area contributed by atoms with E-state index in [1.165, 1.54) is 31.4 Å². The lowest BCUT2D eigenvalue weighted by atomic mass is 10.0. The fourth-order valence-corrected chi connectivity index (χ4v) is 2.44. The van der Waals surface area contributed by atoms with Gasteiger partial charge in [0.05, 0.1) is 17.4 Å². The van der Waals surface area contributed by atoms with Crippen molar-refractivity contribution in [3.63, 3.8) is 0 Å². The molecule has 1 saturated carbocycles. The molecule has 0 unspecified atom stereocenters. The van der Waals surface area contributed by atoms with Crippen molar-refractivity contribution < 1.29 is 4.39 Å². The highest BCUT2D eigenvalue weighted by Gasteiger charge is 2.23. The van der Waals surface area contributed by atoms with Gasteiger partial charge in [-0.2, -0.15) is 5.10 Å². The van der Waals surface area contributed by atoms with Crippen molar-refractivity contribution in [2.75, 3.05) is 0 Å². The standard InChI is InChI=1S/C14H17BrFN3.C3H6/c1-14(2,3)19-13(9(7-17)8-18-19)11-6-10(16)4-5-12(11)15;1-2-3-1/h4-6,8H,7,17H2,1-3H3;1-3H2. The Bertz CT molecular complexity index is 639. The van der Waals surface area contributed by atoms with Gasteiger partial charge in [0.15, 0.2) is 0 Å². The summed E-state index contributed by atoms with van der Waals surface area (Å²) in [6.07, 6.45) is 6.25. The van der Waals surface area contributed by atoms with Crippen molar-refractivity contribution in [2.24, 2.45) is 5.73 Å². The zero-order chi connectivity index (χ0) is 16.3. The minimum atomic E-state index is -0.275. The van der Waals surface area contributed by atoms with Crippen molar-refractivity contribution in [3.05, 3.63) is 40.2 Å². The fourth-order valence-electron chi connectivity index (χ4n) is 2.01. The van der Waals surface area contributed by atoms with Gasteiger partial charge in [0, 0.05) is 22.1 Å². The zero-order valence-electron chi connectivity index (χ0n) is 13.4. The Kier molecular flexibility index (Phi) is 5.40. The second-order valence-electron chi connectivity index (χ2n) is 6.49. The van der Waals surface area contributed by atoms with Gasteiger partial charge >= 0.3 is 0 Å². The second-order valence-corrected chi connectivity index (χ2v) is 7.34. The molecule has 0 atom stereocenters. The number of hydrogen-bond acceptors (Lipinski definition) is 2. The molecule has 5 heteroatoms. The van der Waals surface area contributed by atoms with E-state index < -0.39 is 0 Å². The number of nitrogens with zero attached hydrogens (tertiary/aromatic N) is 2. The zero-order valence-corrected chi connectivity index (χ0v) is 15.0. The van der Waals surface area contributed by atoms with Crippen LogP contribution in [0.1, 0.15) is 45.6 Å². The van der Waals surface area contributed by atoms with E-state index in [1.807, 2.05) is 4.68 Å². The van der Waals surface area contributed by atoms with Crippen LogP contribution in [0.3, 0.4) is 0 Å². The molecule has 0 radical (unpaired) electrons. The van der Waals surface area contributed by atoms with Crippen LogP contribution in [-0.4, -0.2) is 9.78 Å². The number of aromatic nitrogens is 2. The predicted octanol–water partition coefficient (Wildman–Crippen LogP) is 4.84. The largest absolute Gasteiger partial charge is 0.326 e. The topological polar surface area (TPSA) is 43.8 Å². The number of rotatable bonds is 2. The Hall–Kier alpha value is -1.20. The molecular weight excluding hydrogens is 345 g/mol. The highest BCUT2D eigenvalue weighted by molar-refractivity contribution is 9.10. The van der Waals surface area contributed by atoms with E-state index >= 15 is 0 Å².